The Morgan fingerprint density at radius 1 is 1.12 bits per heavy atom. The van der Waals surface area contributed by atoms with Crippen molar-refractivity contribution < 1.29 is 46.8 Å². The van der Waals surface area contributed by atoms with Gasteiger partial charge in [-0.1, -0.05) is 0 Å². The molecule has 0 bridgehead atoms. The molecule has 2 amide bonds. The highest BCUT2D eigenvalue weighted by Gasteiger charge is 2.62. The number of benzene rings is 1. The van der Waals surface area contributed by atoms with Crippen molar-refractivity contribution >= 4 is 17.3 Å². The monoisotopic (exact) mass is 665 g/mol. The number of primary amides is 1. The van der Waals surface area contributed by atoms with Gasteiger partial charge in [-0.2, -0.15) is 5.10 Å². The Bertz CT molecular complexity index is 2050. The third-order valence-electron chi connectivity index (χ3n) is 9.66. The SMILES string of the molecule is COc1cc(C(=O)NCC(O)(c2cc3c(c(-c4ccc5c(c4)OC(F)(F)O5)n2)OC[C@]3(C)C(N)=O)C2(F)CC2)cc2cc(C3CC3)nn12. The third kappa shape index (κ3) is 4.62. The van der Waals surface area contributed by atoms with E-state index in [2.05, 4.69) is 24.9 Å². The summed E-state index contributed by atoms with van der Waals surface area (Å²) in [4.78, 5) is 30.8. The molecule has 48 heavy (non-hydrogen) atoms. The van der Waals surface area contributed by atoms with Gasteiger partial charge in [0.15, 0.2) is 17.1 Å². The van der Waals surface area contributed by atoms with Crippen LogP contribution < -0.4 is 30.0 Å². The van der Waals surface area contributed by atoms with E-state index in [0.29, 0.717) is 17.3 Å². The second-order valence-electron chi connectivity index (χ2n) is 13.0. The van der Waals surface area contributed by atoms with Crippen LogP contribution in [-0.4, -0.2) is 63.7 Å². The number of methoxy groups -OCH3 is 1. The van der Waals surface area contributed by atoms with Gasteiger partial charge in [0.25, 0.3) is 5.91 Å². The minimum atomic E-state index is -3.88. The van der Waals surface area contributed by atoms with E-state index in [9.17, 15) is 23.5 Å². The molecule has 0 radical (unpaired) electrons. The molecule has 0 saturated heterocycles. The number of aromatic nitrogens is 3. The molecule has 15 heteroatoms. The van der Waals surface area contributed by atoms with Crippen molar-refractivity contribution in [2.24, 2.45) is 5.73 Å². The summed E-state index contributed by atoms with van der Waals surface area (Å²) in [6.07, 6.45) is -1.87. The van der Waals surface area contributed by atoms with Crippen molar-refractivity contribution in [1.82, 2.24) is 19.9 Å². The highest BCUT2D eigenvalue weighted by molar-refractivity contribution is 5.96. The number of halogens is 3. The number of fused-ring (bicyclic) bond motifs is 3. The van der Waals surface area contributed by atoms with E-state index in [1.54, 1.807) is 10.6 Å². The molecule has 5 heterocycles. The van der Waals surface area contributed by atoms with Gasteiger partial charge in [0.05, 0.1) is 30.6 Å². The van der Waals surface area contributed by atoms with E-state index in [1.807, 2.05) is 6.07 Å². The number of pyridine rings is 2. The Kier molecular flexibility index (Phi) is 6.30. The summed E-state index contributed by atoms with van der Waals surface area (Å²) in [5.41, 5.74) is 1.75. The lowest BCUT2D eigenvalue weighted by Gasteiger charge is -2.33. The maximum atomic E-state index is 16.3. The predicted octanol–water partition coefficient (Wildman–Crippen LogP) is 3.86. The van der Waals surface area contributed by atoms with Gasteiger partial charge in [0.1, 0.15) is 29.1 Å². The fourth-order valence-corrected chi connectivity index (χ4v) is 6.35. The van der Waals surface area contributed by atoms with E-state index >= 15 is 4.39 Å². The zero-order chi connectivity index (χ0) is 33.8. The van der Waals surface area contributed by atoms with Crippen molar-refractivity contribution in [1.29, 1.82) is 0 Å². The van der Waals surface area contributed by atoms with Gasteiger partial charge in [0.2, 0.25) is 11.8 Å². The second kappa shape index (κ2) is 9.98. The lowest BCUT2D eigenvalue weighted by molar-refractivity contribution is -0.286. The lowest BCUT2D eigenvalue weighted by atomic mass is 9.80. The van der Waals surface area contributed by atoms with Crippen molar-refractivity contribution in [2.75, 3.05) is 20.3 Å². The highest BCUT2D eigenvalue weighted by Crippen LogP contribution is 2.55. The molecular weight excluding hydrogens is 635 g/mol. The molecule has 8 rings (SSSR count). The smallest absolute Gasteiger partial charge is 0.489 e. The normalized spacial score (nSPS) is 22.5. The third-order valence-corrected chi connectivity index (χ3v) is 9.66. The molecule has 250 valence electrons. The molecule has 4 aliphatic rings. The first kappa shape index (κ1) is 30.3. The Morgan fingerprint density at radius 2 is 1.88 bits per heavy atom. The number of rotatable bonds is 9. The van der Waals surface area contributed by atoms with Crippen LogP contribution in [0.4, 0.5) is 13.2 Å². The van der Waals surface area contributed by atoms with Gasteiger partial charge in [-0.3, -0.25) is 9.59 Å². The molecule has 2 saturated carbocycles. The highest BCUT2D eigenvalue weighted by atomic mass is 19.3. The molecule has 3 aromatic heterocycles. The topological polar surface area (TPSA) is 160 Å². The largest absolute Gasteiger partial charge is 0.586 e. The molecule has 2 aliphatic carbocycles. The predicted molar refractivity (Wildman–Crippen MR) is 161 cm³/mol. The van der Waals surface area contributed by atoms with Crippen molar-refractivity contribution in [2.45, 2.75) is 61.5 Å². The number of nitrogens with two attached hydrogens (primary N) is 1. The van der Waals surface area contributed by atoms with Gasteiger partial charge >= 0.3 is 6.29 Å². The number of nitrogens with zero attached hydrogens (tertiary/aromatic N) is 3. The fourth-order valence-electron chi connectivity index (χ4n) is 6.35. The number of ether oxygens (including phenoxy) is 4. The van der Waals surface area contributed by atoms with E-state index in [1.165, 1.54) is 44.4 Å². The molecular formula is C33H30F3N5O7. The van der Waals surface area contributed by atoms with Crippen LogP contribution in [0.5, 0.6) is 23.1 Å². The van der Waals surface area contributed by atoms with Gasteiger partial charge in [-0.25, -0.2) is 13.9 Å². The number of hydrogen-bond acceptors (Lipinski definition) is 9. The Balaban J connectivity index is 1.18. The molecule has 1 unspecified atom stereocenters. The fraction of sp³-hybridized carbons (Fsp3) is 0.394. The number of carbonyl (C=O) groups is 2. The molecule has 1 aromatic carbocycles. The molecule has 2 atom stereocenters. The number of nitrogens with one attached hydrogen (secondary N) is 1. The molecule has 0 spiro atoms. The summed E-state index contributed by atoms with van der Waals surface area (Å²) in [5, 5.41) is 19.4. The zero-order valence-electron chi connectivity index (χ0n) is 25.8. The van der Waals surface area contributed by atoms with Crippen LogP contribution in [0.25, 0.3) is 16.8 Å². The maximum absolute atomic E-state index is 16.3. The summed E-state index contributed by atoms with van der Waals surface area (Å²) in [6, 6.07) is 10.3. The quantitative estimate of drug-likeness (QED) is 0.241. The zero-order valence-corrected chi connectivity index (χ0v) is 25.8. The minimum absolute atomic E-state index is 0.0190. The van der Waals surface area contributed by atoms with Gasteiger partial charge in [-0.15, -0.1) is 8.78 Å². The number of alkyl halides is 3. The van der Waals surface area contributed by atoms with Crippen LogP contribution in [0.15, 0.2) is 42.5 Å². The number of hydrogen-bond donors (Lipinski definition) is 3. The summed E-state index contributed by atoms with van der Waals surface area (Å²) < 4.78 is 66.0. The summed E-state index contributed by atoms with van der Waals surface area (Å²) >= 11 is 0. The van der Waals surface area contributed by atoms with Crippen LogP contribution in [-0.2, 0) is 15.8 Å². The van der Waals surface area contributed by atoms with E-state index < -0.39 is 41.3 Å². The number of carbonyl (C=O) groups excluding carboxylic acids is 2. The Labute approximate surface area is 270 Å². The molecule has 2 fully saturated rings. The first-order chi connectivity index (χ1) is 22.7. The van der Waals surface area contributed by atoms with Crippen molar-refractivity contribution in [3.8, 4) is 34.4 Å². The van der Waals surface area contributed by atoms with Gasteiger partial charge < -0.3 is 35.1 Å². The number of amides is 2. The Hall–Kier alpha value is -5.05. The molecule has 4 aromatic rings. The van der Waals surface area contributed by atoms with Crippen LogP contribution in [0, 0.1) is 0 Å². The summed E-state index contributed by atoms with van der Waals surface area (Å²) in [7, 11) is 1.46. The van der Waals surface area contributed by atoms with Crippen LogP contribution in [0.1, 0.15) is 65.8 Å². The van der Waals surface area contributed by atoms with Crippen molar-refractivity contribution in [3.63, 3.8) is 0 Å². The first-order valence-corrected chi connectivity index (χ1v) is 15.4. The van der Waals surface area contributed by atoms with Crippen LogP contribution in [0.3, 0.4) is 0 Å². The number of aliphatic hydroxyl groups is 1. The lowest BCUT2D eigenvalue weighted by Crippen LogP contribution is -2.49. The van der Waals surface area contributed by atoms with Crippen molar-refractivity contribution in [3.05, 3.63) is 65.0 Å². The van der Waals surface area contributed by atoms with Gasteiger partial charge in [-0.05, 0) is 69.0 Å². The van der Waals surface area contributed by atoms with E-state index in [0.717, 1.165) is 18.5 Å². The summed E-state index contributed by atoms with van der Waals surface area (Å²) in [5.74, 6) is -1.07. The second-order valence-corrected chi connectivity index (χ2v) is 13.0. The average molecular weight is 666 g/mol. The molecule has 4 N–H and O–H groups in total. The molecule has 2 aliphatic heterocycles. The minimum Gasteiger partial charge on any atom is -0.489 e. The van der Waals surface area contributed by atoms with Gasteiger partial charge in [0, 0.05) is 28.7 Å². The van der Waals surface area contributed by atoms with E-state index in [-0.39, 0.29) is 64.8 Å². The van der Waals surface area contributed by atoms with E-state index in [4.69, 9.17) is 15.2 Å². The maximum Gasteiger partial charge on any atom is 0.586 e. The summed E-state index contributed by atoms with van der Waals surface area (Å²) in [6.45, 7) is 0.748. The standard InChI is InChI=1S/C33H30F3N5O7/c1-30(29(37)43)15-46-27-20(30)13-24(39-26(27)17-5-6-22-23(10-17)48-33(35,36)47-22)32(44,31(34)7-8-31)14-38-28(42)18-9-19-12-21(16-3-4-16)40-41(19)25(11-18)45-2/h5-6,9-13,16,44H,3-4,7-8,14-15H2,1-2H3,(H2,37,43)(H,38,42)/t30-,32?/m0/s1. The van der Waals surface area contributed by atoms with Crippen LogP contribution >= 0.6 is 0 Å². The molecule has 12 nitrogen and oxygen atoms in total. The first-order valence-electron chi connectivity index (χ1n) is 15.4. The average Bonchev–Trinajstić information content (AvgIpc) is 3.94. The van der Waals surface area contributed by atoms with Crippen LogP contribution in [0.2, 0.25) is 0 Å². The Morgan fingerprint density at radius 3 is 2.56 bits per heavy atom.